The molecule has 0 spiro atoms. The van der Waals surface area contributed by atoms with E-state index in [1.54, 1.807) is 0 Å². The van der Waals surface area contributed by atoms with Gasteiger partial charge in [0, 0.05) is 31.4 Å². The maximum absolute atomic E-state index is 4.50. The van der Waals surface area contributed by atoms with Gasteiger partial charge in [-0.25, -0.2) is 0 Å². The molecule has 0 aromatic carbocycles. The fraction of sp³-hybridized carbons (Fsp3) is 0.750. The summed E-state index contributed by atoms with van der Waals surface area (Å²) in [6.07, 6.45) is 2.04. The molecule has 0 saturated heterocycles. The first-order valence-corrected chi connectivity index (χ1v) is 5.91. The van der Waals surface area contributed by atoms with Crippen molar-refractivity contribution in [2.75, 3.05) is 20.6 Å². The monoisotopic (exact) mass is 224 g/mol. The van der Waals surface area contributed by atoms with Crippen molar-refractivity contribution in [3.05, 3.63) is 18.0 Å². The van der Waals surface area contributed by atoms with Gasteiger partial charge < -0.3 is 10.2 Å². The zero-order chi connectivity index (χ0) is 12.1. The van der Waals surface area contributed by atoms with Gasteiger partial charge in [0.2, 0.25) is 0 Å². The van der Waals surface area contributed by atoms with Crippen molar-refractivity contribution in [2.45, 2.75) is 39.4 Å². The average Bonchev–Trinajstić information content (AvgIpc) is 2.61. The van der Waals surface area contributed by atoms with E-state index in [-0.39, 0.29) is 0 Å². The predicted octanol–water partition coefficient (Wildman–Crippen LogP) is 1.50. The Morgan fingerprint density at radius 3 is 2.56 bits per heavy atom. The summed E-state index contributed by atoms with van der Waals surface area (Å²) in [5.41, 5.74) is 1.11. The molecular weight excluding hydrogens is 200 g/mol. The maximum Gasteiger partial charge on any atom is 0.0762 e. The summed E-state index contributed by atoms with van der Waals surface area (Å²) < 4.78 is 1.99. The van der Waals surface area contributed by atoms with Crippen LogP contribution in [0, 0.1) is 0 Å². The molecule has 4 nitrogen and oxygen atoms in total. The summed E-state index contributed by atoms with van der Waals surface area (Å²) in [5.74, 6) is 0. The average molecular weight is 224 g/mol. The van der Waals surface area contributed by atoms with Gasteiger partial charge in [0.1, 0.15) is 0 Å². The lowest BCUT2D eigenvalue weighted by atomic mass is 10.3. The maximum atomic E-state index is 4.50. The first kappa shape index (κ1) is 13.2. The number of nitrogens with one attached hydrogen (secondary N) is 1. The van der Waals surface area contributed by atoms with Gasteiger partial charge >= 0.3 is 0 Å². The molecule has 0 amide bonds. The number of nitrogens with zero attached hydrogens (tertiary/aromatic N) is 3. The van der Waals surface area contributed by atoms with Gasteiger partial charge in [0.05, 0.1) is 5.69 Å². The van der Waals surface area contributed by atoms with Gasteiger partial charge in [-0.15, -0.1) is 0 Å². The third-order valence-electron chi connectivity index (χ3n) is 2.46. The second kappa shape index (κ2) is 6.01. The summed E-state index contributed by atoms with van der Waals surface area (Å²) in [4.78, 5) is 2.18. The fourth-order valence-electron chi connectivity index (χ4n) is 1.65. The van der Waals surface area contributed by atoms with Gasteiger partial charge in [-0.3, -0.25) is 4.68 Å². The molecule has 16 heavy (non-hydrogen) atoms. The van der Waals surface area contributed by atoms with Crippen LogP contribution in [0.25, 0.3) is 0 Å². The van der Waals surface area contributed by atoms with E-state index in [2.05, 4.69) is 56.2 Å². The minimum absolute atomic E-state index is 0.438. The van der Waals surface area contributed by atoms with Crippen LogP contribution in [-0.4, -0.2) is 41.4 Å². The molecule has 0 aliphatic carbocycles. The minimum atomic E-state index is 0.438. The molecule has 0 fully saturated rings. The highest BCUT2D eigenvalue weighted by molar-refractivity contribution is 4.99. The molecule has 0 aliphatic heterocycles. The van der Waals surface area contributed by atoms with E-state index in [4.69, 9.17) is 0 Å². The highest BCUT2D eigenvalue weighted by Crippen LogP contribution is 2.04. The second-order valence-electron chi connectivity index (χ2n) is 4.93. The summed E-state index contributed by atoms with van der Waals surface area (Å²) in [5, 5.41) is 7.97. The van der Waals surface area contributed by atoms with Crippen LogP contribution in [0.4, 0.5) is 0 Å². The standard InChI is InChI=1S/C12H24N4/c1-10(2)16-7-6-12(14-16)8-13-11(3)9-15(4)5/h6-7,10-11,13H,8-9H2,1-5H3. The van der Waals surface area contributed by atoms with Crippen LogP contribution in [0.5, 0.6) is 0 Å². The molecule has 1 aromatic rings. The molecule has 0 bridgehead atoms. The minimum Gasteiger partial charge on any atom is -0.308 e. The summed E-state index contributed by atoms with van der Waals surface area (Å²) in [7, 11) is 4.18. The van der Waals surface area contributed by atoms with E-state index in [0.29, 0.717) is 12.1 Å². The second-order valence-corrected chi connectivity index (χ2v) is 4.93. The molecule has 1 rings (SSSR count). The number of rotatable bonds is 6. The van der Waals surface area contributed by atoms with E-state index in [1.165, 1.54) is 0 Å². The molecule has 1 heterocycles. The fourth-order valence-corrected chi connectivity index (χ4v) is 1.65. The van der Waals surface area contributed by atoms with E-state index >= 15 is 0 Å². The van der Waals surface area contributed by atoms with Gasteiger partial charge in [0.25, 0.3) is 0 Å². The van der Waals surface area contributed by atoms with Crippen molar-refractivity contribution < 1.29 is 0 Å². The summed E-state index contributed by atoms with van der Waals surface area (Å²) in [6, 6.07) is 3.00. The largest absolute Gasteiger partial charge is 0.308 e. The van der Waals surface area contributed by atoms with Crippen LogP contribution in [0.2, 0.25) is 0 Å². The summed E-state index contributed by atoms with van der Waals surface area (Å²) >= 11 is 0. The van der Waals surface area contributed by atoms with Crippen LogP contribution in [-0.2, 0) is 6.54 Å². The molecule has 1 unspecified atom stereocenters. The topological polar surface area (TPSA) is 33.1 Å². The van der Waals surface area contributed by atoms with Crippen molar-refractivity contribution in [1.82, 2.24) is 20.0 Å². The molecule has 0 aliphatic rings. The highest BCUT2D eigenvalue weighted by Gasteiger charge is 2.05. The Morgan fingerprint density at radius 1 is 1.38 bits per heavy atom. The Balaban J connectivity index is 2.36. The van der Waals surface area contributed by atoms with E-state index < -0.39 is 0 Å². The Bertz CT molecular complexity index is 304. The van der Waals surface area contributed by atoms with Crippen LogP contribution in [0.3, 0.4) is 0 Å². The molecule has 1 atom stereocenters. The van der Waals surface area contributed by atoms with Crippen LogP contribution >= 0.6 is 0 Å². The van der Waals surface area contributed by atoms with Crippen molar-refractivity contribution in [3.8, 4) is 0 Å². The lowest BCUT2D eigenvalue weighted by Crippen LogP contribution is -2.35. The van der Waals surface area contributed by atoms with Crippen LogP contribution < -0.4 is 5.32 Å². The van der Waals surface area contributed by atoms with Crippen molar-refractivity contribution >= 4 is 0 Å². The van der Waals surface area contributed by atoms with E-state index in [1.807, 2.05) is 10.9 Å². The van der Waals surface area contributed by atoms with Crippen molar-refractivity contribution in [1.29, 1.82) is 0 Å². The Hall–Kier alpha value is -0.870. The molecule has 0 radical (unpaired) electrons. The number of aromatic nitrogens is 2. The van der Waals surface area contributed by atoms with Crippen LogP contribution in [0.15, 0.2) is 12.3 Å². The van der Waals surface area contributed by atoms with Crippen molar-refractivity contribution in [2.24, 2.45) is 0 Å². The van der Waals surface area contributed by atoms with Crippen LogP contribution in [0.1, 0.15) is 32.5 Å². The van der Waals surface area contributed by atoms with Gasteiger partial charge in [-0.05, 0) is 40.9 Å². The normalized spacial score (nSPS) is 13.7. The Kier molecular flexibility index (Phi) is 4.96. The van der Waals surface area contributed by atoms with E-state index in [0.717, 1.165) is 18.8 Å². The SMILES string of the molecule is CC(CN(C)C)NCc1ccn(C(C)C)n1. The third kappa shape index (κ3) is 4.33. The molecule has 1 N–H and O–H groups in total. The Labute approximate surface area is 98.6 Å². The smallest absolute Gasteiger partial charge is 0.0762 e. The molecule has 0 saturated carbocycles. The zero-order valence-electron chi connectivity index (χ0n) is 11.1. The molecule has 1 aromatic heterocycles. The lowest BCUT2D eigenvalue weighted by Gasteiger charge is -2.17. The predicted molar refractivity (Wildman–Crippen MR) is 67.5 cm³/mol. The van der Waals surface area contributed by atoms with Gasteiger partial charge in [-0.1, -0.05) is 0 Å². The zero-order valence-corrected chi connectivity index (χ0v) is 11.1. The molecule has 4 heteroatoms. The van der Waals surface area contributed by atoms with Crippen molar-refractivity contribution in [3.63, 3.8) is 0 Å². The molecule has 92 valence electrons. The summed E-state index contributed by atoms with van der Waals surface area (Å²) in [6.45, 7) is 8.36. The number of likely N-dealkylation sites (N-methyl/N-ethyl adjacent to an activating group) is 1. The highest BCUT2D eigenvalue weighted by atomic mass is 15.3. The number of hydrogen-bond donors (Lipinski definition) is 1. The Morgan fingerprint density at radius 2 is 2.06 bits per heavy atom. The lowest BCUT2D eigenvalue weighted by molar-refractivity contribution is 0.348. The third-order valence-corrected chi connectivity index (χ3v) is 2.46. The van der Waals surface area contributed by atoms with Gasteiger partial charge in [-0.2, -0.15) is 5.10 Å². The molecular formula is C12H24N4. The quantitative estimate of drug-likeness (QED) is 0.795. The first-order chi connectivity index (χ1) is 7.49. The number of hydrogen-bond acceptors (Lipinski definition) is 3. The van der Waals surface area contributed by atoms with E-state index in [9.17, 15) is 0 Å². The first-order valence-electron chi connectivity index (χ1n) is 5.91. The van der Waals surface area contributed by atoms with Gasteiger partial charge in [0.15, 0.2) is 0 Å².